The average molecular weight is 383 g/mol. The number of hydrogen-bond donors (Lipinski definition) is 2. The number of carbonyl (C=O) groups excluding carboxylic acids is 4. The van der Waals surface area contributed by atoms with E-state index in [4.69, 9.17) is 4.84 Å². The lowest BCUT2D eigenvalue weighted by molar-refractivity contribution is -0.140. The third-order valence-corrected chi connectivity index (χ3v) is 4.69. The van der Waals surface area contributed by atoms with Gasteiger partial charge in [0, 0.05) is 43.8 Å². The van der Waals surface area contributed by atoms with Gasteiger partial charge in [-0.05, 0) is 18.8 Å². The largest absolute Gasteiger partial charge is 0.356 e. The third-order valence-electron chi connectivity index (χ3n) is 4.69. The van der Waals surface area contributed by atoms with Crippen molar-refractivity contribution in [3.63, 3.8) is 0 Å². The molecule has 27 heavy (non-hydrogen) atoms. The van der Waals surface area contributed by atoms with Crippen molar-refractivity contribution in [3.05, 3.63) is 0 Å². The van der Waals surface area contributed by atoms with Gasteiger partial charge < -0.3 is 14.9 Å². The van der Waals surface area contributed by atoms with Gasteiger partial charge in [-0.25, -0.2) is 5.48 Å². The second-order valence-corrected chi connectivity index (χ2v) is 7.99. The molecule has 0 aromatic rings. The fourth-order valence-corrected chi connectivity index (χ4v) is 2.67. The SMILES string of the molecule is CC(C)C1CC(=O)N(CCC(=O)NCCCNOCCC(C)(C)C=O)C1=O. The van der Waals surface area contributed by atoms with E-state index in [1.807, 2.05) is 27.7 Å². The van der Waals surface area contributed by atoms with Gasteiger partial charge in [0.25, 0.3) is 0 Å². The fourth-order valence-electron chi connectivity index (χ4n) is 2.67. The van der Waals surface area contributed by atoms with Crippen molar-refractivity contribution in [3.8, 4) is 0 Å². The lowest BCUT2D eigenvalue weighted by Gasteiger charge is -2.16. The Labute approximate surface area is 161 Å². The minimum absolute atomic E-state index is 0.118. The van der Waals surface area contributed by atoms with Crippen molar-refractivity contribution in [1.29, 1.82) is 0 Å². The summed E-state index contributed by atoms with van der Waals surface area (Å²) in [6, 6.07) is 0. The van der Waals surface area contributed by atoms with Gasteiger partial charge in [-0.1, -0.05) is 27.7 Å². The molecule has 154 valence electrons. The fraction of sp³-hybridized carbons (Fsp3) is 0.789. The van der Waals surface area contributed by atoms with E-state index in [0.29, 0.717) is 32.5 Å². The molecule has 1 heterocycles. The molecule has 8 nitrogen and oxygen atoms in total. The van der Waals surface area contributed by atoms with E-state index in [9.17, 15) is 19.2 Å². The van der Waals surface area contributed by atoms with Gasteiger partial charge in [-0.15, -0.1) is 0 Å². The molecular weight excluding hydrogens is 350 g/mol. The Balaban J connectivity index is 2.09. The van der Waals surface area contributed by atoms with E-state index in [2.05, 4.69) is 10.8 Å². The van der Waals surface area contributed by atoms with Crippen molar-refractivity contribution in [1.82, 2.24) is 15.7 Å². The zero-order valence-electron chi connectivity index (χ0n) is 16.9. The van der Waals surface area contributed by atoms with Crippen LogP contribution in [-0.2, 0) is 24.0 Å². The Kier molecular flexibility index (Phi) is 9.59. The highest BCUT2D eigenvalue weighted by atomic mass is 16.6. The van der Waals surface area contributed by atoms with Crippen LogP contribution in [-0.4, -0.2) is 55.1 Å². The van der Waals surface area contributed by atoms with Crippen molar-refractivity contribution >= 4 is 24.0 Å². The minimum Gasteiger partial charge on any atom is -0.356 e. The molecule has 1 aliphatic rings. The van der Waals surface area contributed by atoms with E-state index in [0.717, 1.165) is 6.29 Å². The van der Waals surface area contributed by atoms with Gasteiger partial charge in [-0.3, -0.25) is 19.3 Å². The number of aldehydes is 1. The first kappa shape index (κ1) is 23.2. The molecule has 0 bridgehead atoms. The third kappa shape index (κ3) is 8.17. The number of hydrogen-bond acceptors (Lipinski definition) is 6. The van der Waals surface area contributed by atoms with Crippen LogP contribution < -0.4 is 10.8 Å². The van der Waals surface area contributed by atoms with Crippen LogP contribution in [0.1, 0.15) is 53.4 Å². The number of rotatable bonds is 13. The van der Waals surface area contributed by atoms with Crippen LogP contribution in [0.5, 0.6) is 0 Å². The molecule has 0 aromatic carbocycles. The molecule has 0 spiro atoms. The lowest BCUT2D eigenvalue weighted by atomic mass is 9.92. The summed E-state index contributed by atoms with van der Waals surface area (Å²) in [7, 11) is 0. The monoisotopic (exact) mass is 383 g/mol. The van der Waals surface area contributed by atoms with E-state index in [1.54, 1.807) is 0 Å². The molecule has 3 amide bonds. The molecule has 1 fully saturated rings. The minimum atomic E-state index is -0.386. The summed E-state index contributed by atoms with van der Waals surface area (Å²) < 4.78 is 0. The predicted octanol–water partition coefficient (Wildman–Crippen LogP) is 1.05. The molecule has 2 N–H and O–H groups in total. The maximum atomic E-state index is 12.2. The Morgan fingerprint density at radius 1 is 1.33 bits per heavy atom. The summed E-state index contributed by atoms with van der Waals surface area (Å²) in [4.78, 5) is 53.2. The van der Waals surface area contributed by atoms with E-state index < -0.39 is 0 Å². The summed E-state index contributed by atoms with van der Waals surface area (Å²) in [5, 5.41) is 2.76. The number of imide groups is 1. The Bertz CT molecular complexity index is 533. The van der Waals surface area contributed by atoms with Crippen molar-refractivity contribution in [2.24, 2.45) is 17.3 Å². The Morgan fingerprint density at radius 2 is 2.04 bits per heavy atom. The maximum absolute atomic E-state index is 12.2. The van der Waals surface area contributed by atoms with Crippen LogP contribution in [0.2, 0.25) is 0 Å². The molecule has 1 atom stereocenters. The zero-order chi connectivity index (χ0) is 20.4. The van der Waals surface area contributed by atoms with Gasteiger partial charge in [-0.2, -0.15) is 0 Å². The second kappa shape index (κ2) is 11.1. The Morgan fingerprint density at radius 3 is 2.63 bits per heavy atom. The van der Waals surface area contributed by atoms with E-state index >= 15 is 0 Å². The van der Waals surface area contributed by atoms with Crippen molar-refractivity contribution in [2.45, 2.75) is 53.4 Å². The maximum Gasteiger partial charge on any atom is 0.233 e. The standard InChI is InChI=1S/C19H33N3O5/c1-14(2)15-12-17(25)22(18(15)26)10-6-16(24)20-8-5-9-21-27-11-7-19(3,4)13-23/h13-15,21H,5-12H2,1-4H3,(H,20,24). The number of nitrogens with zero attached hydrogens (tertiary/aromatic N) is 1. The number of carbonyl (C=O) groups is 4. The topological polar surface area (TPSA) is 105 Å². The van der Waals surface area contributed by atoms with Crippen LogP contribution in [0.4, 0.5) is 0 Å². The van der Waals surface area contributed by atoms with Gasteiger partial charge in [0.2, 0.25) is 17.7 Å². The summed E-state index contributed by atoms with van der Waals surface area (Å²) in [6.07, 6.45) is 2.59. The first-order chi connectivity index (χ1) is 12.7. The molecule has 0 aliphatic carbocycles. The molecular formula is C19H33N3O5. The molecule has 1 aliphatic heterocycles. The first-order valence-corrected chi connectivity index (χ1v) is 9.60. The summed E-state index contributed by atoms with van der Waals surface area (Å²) >= 11 is 0. The normalized spacial score (nSPS) is 17.7. The van der Waals surface area contributed by atoms with Gasteiger partial charge in [0.05, 0.1) is 6.61 Å². The number of amides is 3. The second-order valence-electron chi connectivity index (χ2n) is 7.99. The quantitative estimate of drug-likeness (QED) is 0.213. The summed E-state index contributed by atoms with van der Waals surface area (Å²) in [6.45, 7) is 9.18. The molecule has 0 radical (unpaired) electrons. The summed E-state index contributed by atoms with van der Waals surface area (Å²) in [5.41, 5.74) is 2.41. The number of nitrogens with one attached hydrogen (secondary N) is 2. The first-order valence-electron chi connectivity index (χ1n) is 9.60. The molecule has 1 unspecified atom stereocenters. The molecule has 1 saturated heterocycles. The van der Waals surface area contributed by atoms with Gasteiger partial charge >= 0.3 is 0 Å². The highest BCUT2D eigenvalue weighted by Crippen LogP contribution is 2.26. The molecule has 0 aromatic heterocycles. The van der Waals surface area contributed by atoms with Crippen LogP contribution in [0.25, 0.3) is 0 Å². The van der Waals surface area contributed by atoms with E-state index in [1.165, 1.54) is 4.90 Å². The highest BCUT2D eigenvalue weighted by molar-refractivity contribution is 6.03. The van der Waals surface area contributed by atoms with Crippen LogP contribution >= 0.6 is 0 Å². The summed E-state index contributed by atoms with van der Waals surface area (Å²) in [5.74, 6) is -0.673. The predicted molar refractivity (Wildman–Crippen MR) is 100 cm³/mol. The zero-order valence-corrected chi connectivity index (χ0v) is 16.9. The van der Waals surface area contributed by atoms with Crippen LogP contribution in [0.15, 0.2) is 0 Å². The molecule has 8 heteroatoms. The van der Waals surface area contributed by atoms with Gasteiger partial charge in [0.1, 0.15) is 6.29 Å². The highest BCUT2D eigenvalue weighted by Gasteiger charge is 2.39. The molecule has 1 rings (SSSR count). The smallest absolute Gasteiger partial charge is 0.233 e. The van der Waals surface area contributed by atoms with Crippen molar-refractivity contribution < 1.29 is 24.0 Å². The van der Waals surface area contributed by atoms with Crippen molar-refractivity contribution in [2.75, 3.05) is 26.2 Å². The average Bonchev–Trinajstić information content (AvgIpc) is 2.89. The van der Waals surface area contributed by atoms with Crippen LogP contribution in [0, 0.1) is 17.3 Å². The molecule has 0 saturated carbocycles. The van der Waals surface area contributed by atoms with E-state index in [-0.39, 0.29) is 54.4 Å². The number of likely N-dealkylation sites (tertiary alicyclic amines) is 1. The van der Waals surface area contributed by atoms with Gasteiger partial charge in [0.15, 0.2) is 0 Å². The Hall–Kier alpha value is -1.80. The number of hydroxylamine groups is 1. The lowest BCUT2D eigenvalue weighted by Crippen LogP contribution is -2.36. The van der Waals surface area contributed by atoms with Crippen LogP contribution in [0.3, 0.4) is 0 Å².